The van der Waals surface area contributed by atoms with Crippen molar-refractivity contribution >= 4 is 27.1 Å². The first-order chi connectivity index (χ1) is 20.2. The van der Waals surface area contributed by atoms with E-state index in [0.29, 0.717) is 11.8 Å². The second-order valence-corrected chi connectivity index (χ2v) is 27.5. The molecule has 1 aromatic rings. The standard InChI is InChI=1S/C40H67NSi2/c1-12-14-23-40(24-15-13-2)36-27-32(42(7,8)9)21-22-33(36)35-26-30-25-29(3)38(34(30)28-37(35)40)43(10,11)41(39(4,5)6)31-19-17-16-18-20-31/h21-22,26-31,34,38H,12-20,23-25H2,1-11H3. The summed E-state index contributed by atoms with van der Waals surface area (Å²) in [7, 11) is -3.19. The molecule has 0 bridgehead atoms. The first kappa shape index (κ1) is 33.5. The van der Waals surface area contributed by atoms with Crippen LogP contribution < -0.4 is 5.19 Å². The van der Waals surface area contributed by atoms with Crippen molar-refractivity contribution in [3.8, 4) is 0 Å². The molecule has 4 aliphatic rings. The molecule has 0 N–H and O–H groups in total. The monoisotopic (exact) mass is 617 g/mol. The van der Waals surface area contributed by atoms with Crippen LogP contribution in [0.1, 0.15) is 130 Å². The van der Waals surface area contributed by atoms with Gasteiger partial charge in [-0.2, -0.15) is 0 Å². The SMILES string of the molecule is CCCCC1(CCCC)C2=CC3C(C=C2c2ccc([Si](C)(C)C)cc21)CC(C)C3[Si](C)(C)N(C1CCCCC1)C(C)(C)C. The average molecular weight is 618 g/mol. The van der Waals surface area contributed by atoms with Crippen molar-refractivity contribution in [2.24, 2.45) is 17.8 Å². The maximum absolute atomic E-state index is 3.17. The van der Waals surface area contributed by atoms with Gasteiger partial charge in [0.15, 0.2) is 0 Å². The van der Waals surface area contributed by atoms with E-state index in [2.05, 4.69) is 109 Å². The molecule has 0 heterocycles. The Hall–Kier alpha value is -0.906. The van der Waals surface area contributed by atoms with Gasteiger partial charge in [0.05, 0.1) is 8.07 Å². The smallest absolute Gasteiger partial charge is 0.127 e. The third-order valence-corrected chi connectivity index (χ3v) is 19.3. The van der Waals surface area contributed by atoms with Crippen molar-refractivity contribution in [2.45, 2.75) is 174 Å². The number of unbranched alkanes of at least 4 members (excludes halogenated alkanes) is 2. The molecule has 0 aromatic heterocycles. The van der Waals surface area contributed by atoms with Crippen molar-refractivity contribution in [1.82, 2.24) is 4.57 Å². The number of fused-ring (bicyclic) bond motifs is 4. The maximum atomic E-state index is 3.17. The minimum Gasteiger partial charge on any atom is -0.316 e. The summed E-state index contributed by atoms with van der Waals surface area (Å²) in [6.07, 6.45) is 22.2. The van der Waals surface area contributed by atoms with Crippen LogP contribution >= 0.6 is 0 Å². The third kappa shape index (κ3) is 6.03. The van der Waals surface area contributed by atoms with E-state index in [-0.39, 0.29) is 11.0 Å². The van der Waals surface area contributed by atoms with Crippen LogP contribution in [0.15, 0.2) is 35.9 Å². The van der Waals surface area contributed by atoms with Crippen molar-refractivity contribution in [1.29, 1.82) is 0 Å². The first-order valence-corrected chi connectivity index (χ1v) is 25.1. The molecule has 2 fully saturated rings. The number of hydrogen-bond acceptors (Lipinski definition) is 1. The van der Waals surface area contributed by atoms with E-state index in [1.165, 1.54) is 77.0 Å². The predicted molar refractivity (Wildman–Crippen MR) is 197 cm³/mol. The van der Waals surface area contributed by atoms with Gasteiger partial charge in [-0.3, -0.25) is 0 Å². The molecule has 4 aliphatic carbocycles. The van der Waals surface area contributed by atoms with Crippen LogP contribution in [0.2, 0.25) is 38.3 Å². The molecule has 1 nitrogen and oxygen atoms in total. The highest BCUT2D eigenvalue weighted by atomic mass is 28.3. The van der Waals surface area contributed by atoms with Crippen molar-refractivity contribution in [2.75, 3.05) is 0 Å². The molecule has 4 atom stereocenters. The summed E-state index contributed by atoms with van der Waals surface area (Å²) in [4.78, 5) is 0. The number of hydrogen-bond donors (Lipinski definition) is 0. The molecule has 3 heteroatoms. The highest BCUT2D eigenvalue weighted by Gasteiger charge is 2.56. The van der Waals surface area contributed by atoms with Crippen molar-refractivity contribution < 1.29 is 0 Å². The molecule has 0 amide bonds. The van der Waals surface area contributed by atoms with Crippen LogP contribution in [-0.2, 0) is 5.41 Å². The topological polar surface area (TPSA) is 3.24 Å². The van der Waals surface area contributed by atoms with Gasteiger partial charge in [-0.05, 0) is 98.4 Å². The van der Waals surface area contributed by atoms with Crippen LogP contribution in [0, 0.1) is 17.8 Å². The predicted octanol–water partition coefficient (Wildman–Crippen LogP) is 11.5. The second-order valence-electron chi connectivity index (χ2n) is 17.9. The highest BCUT2D eigenvalue weighted by molar-refractivity contribution is 6.88. The van der Waals surface area contributed by atoms with E-state index >= 15 is 0 Å². The molecule has 1 aromatic carbocycles. The molecule has 2 saturated carbocycles. The zero-order valence-corrected chi connectivity index (χ0v) is 32.2. The third-order valence-electron chi connectivity index (χ3n) is 12.4. The molecule has 0 aliphatic heterocycles. The average Bonchev–Trinajstić information content (AvgIpc) is 3.39. The van der Waals surface area contributed by atoms with Gasteiger partial charge in [0.1, 0.15) is 8.24 Å². The fourth-order valence-electron chi connectivity index (χ4n) is 11.0. The van der Waals surface area contributed by atoms with Gasteiger partial charge in [0, 0.05) is 17.0 Å². The minimum atomic E-state index is -1.78. The summed E-state index contributed by atoms with van der Waals surface area (Å²) >= 11 is 0. The largest absolute Gasteiger partial charge is 0.316 e. The van der Waals surface area contributed by atoms with Gasteiger partial charge in [0.25, 0.3) is 0 Å². The Labute approximate surface area is 269 Å². The zero-order chi connectivity index (χ0) is 31.4. The lowest BCUT2D eigenvalue weighted by Crippen LogP contribution is -2.65. The van der Waals surface area contributed by atoms with E-state index in [9.17, 15) is 0 Å². The molecule has 4 unspecified atom stereocenters. The first-order valence-electron chi connectivity index (χ1n) is 18.6. The van der Waals surface area contributed by atoms with E-state index < -0.39 is 16.3 Å². The lowest BCUT2D eigenvalue weighted by atomic mass is 9.68. The van der Waals surface area contributed by atoms with Crippen molar-refractivity contribution in [3.63, 3.8) is 0 Å². The molecule has 0 radical (unpaired) electrons. The fourth-order valence-corrected chi connectivity index (χ4v) is 18.2. The van der Waals surface area contributed by atoms with Crippen LogP contribution in [0.3, 0.4) is 0 Å². The van der Waals surface area contributed by atoms with Crippen LogP contribution in [0.25, 0.3) is 5.57 Å². The molecule has 5 rings (SSSR count). The number of allylic oxidation sites excluding steroid dienone is 4. The van der Waals surface area contributed by atoms with Gasteiger partial charge in [0.2, 0.25) is 0 Å². The Morgan fingerprint density at radius 3 is 2.07 bits per heavy atom. The Morgan fingerprint density at radius 2 is 1.51 bits per heavy atom. The molecular formula is C40H67NSi2. The summed E-state index contributed by atoms with van der Waals surface area (Å²) in [5.74, 6) is 2.21. The van der Waals surface area contributed by atoms with E-state index in [1.54, 1.807) is 27.5 Å². The summed E-state index contributed by atoms with van der Waals surface area (Å²) in [5, 5.41) is 1.65. The van der Waals surface area contributed by atoms with E-state index in [4.69, 9.17) is 0 Å². The van der Waals surface area contributed by atoms with Crippen LogP contribution in [-0.4, -0.2) is 32.5 Å². The molecule has 43 heavy (non-hydrogen) atoms. The lowest BCUT2D eigenvalue weighted by Gasteiger charge is -2.56. The Bertz CT molecular complexity index is 1190. The molecular weight excluding hydrogens is 551 g/mol. The van der Waals surface area contributed by atoms with Crippen LogP contribution in [0.4, 0.5) is 0 Å². The Morgan fingerprint density at radius 1 is 0.884 bits per heavy atom. The normalized spacial score (nSPS) is 27.5. The number of rotatable bonds is 10. The van der Waals surface area contributed by atoms with Gasteiger partial charge < -0.3 is 4.57 Å². The summed E-state index contributed by atoms with van der Waals surface area (Å²) < 4.78 is 3.17. The summed E-state index contributed by atoms with van der Waals surface area (Å²) in [6.45, 7) is 28.2. The molecule has 0 saturated heterocycles. The summed E-state index contributed by atoms with van der Waals surface area (Å²) in [5.41, 5.74) is 8.00. The van der Waals surface area contributed by atoms with Crippen LogP contribution in [0.5, 0.6) is 0 Å². The maximum Gasteiger partial charge on any atom is 0.127 e. The van der Waals surface area contributed by atoms with E-state index in [1.807, 2.05) is 0 Å². The van der Waals surface area contributed by atoms with Gasteiger partial charge in [-0.25, -0.2) is 0 Å². The number of nitrogens with zero attached hydrogens (tertiary/aromatic N) is 1. The highest BCUT2D eigenvalue weighted by Crippen LogP contribution is 2.63. The Balaban J connectivity index is 1.64. The minimum absolute atomic E-state index is 0.211. The quantitative estimate of drug-likeness (QED) is 0.236. The molecule has 240 valence electrons. The second kappa shape index (κ2) is 12.4. The Kier molecular flexibility index (Phi) is 9.62. The number of benzene rings is 1. The molecule has 0 spiro atoms. The van der Waals surface area contributed by atoms with Crippen molar-refractivity contribution in [3.05, 3.63) is 47.1 Å². The van der Waals surface area contributed by atoms with Gasteiger partial charge in [-0.15, -0.1) is 0 Å². The van der Waals surface area contributed by atoms with Gasteiger partial charge >= 0.3 is 0 Å². The fraction of sp³-hybridized carbons (Fsp3) is 0.750. The lowest BCUT2D eigenvalue weighted by molar-refractivity contribution is 0.139. The van der Waals surface area contributed by atoms with E-state index in [0.717, 1.165) is 17.5 Å². The zero-order valence-electron chi connectivity index (χ0n) is 30.2. The summed E-state index contributed by atoms with van der Waals surface area (Å²) in [6, 6.07) is 8.60. The van der Waals surface area contributed by atoms with Gasteiger partial charge in [-0.1, -0.05) is 134 Å².